The molecule has 0 aromatic heterocycles. The summed E-state index contributed by atoms with van der Waals surface area (Å²) in [6, 6.07) is 0. The molecule has 1 fully saturated rings. The zero-order valence-electron chi connectivity index (χ0n) is 5.09. The summed E-state index contributed by atoms with van der Waals surface area (Å²) in [5.74, 6) is 0. The molecule has 48 valence electrons. The van der Waals surface area contributed by atoms with Crippen molar-refractivity contribution in [1.82, 2.24) is 0 Å². The molecule has 0 unspecified atom stereocenters. The van der Waals surface area contributed by atoms with Crippen molar-refractivity contribution in [3.63, 3.8) is 0 Å². The molecule has 1 aliphatic rings. The molecular weight excluding hydrogens is 104 g/mol. The summed E-state index contributed by atoms with van der Waals surface area (Å²) in [6.45, 7) is 1.89. The summed E-state index contributed by atoms with van der Waals surface area (Å²) < 4.78 is 0. The van der Waals surface area contributed by atoms with E-state index in [9.17, 15) is 5.11 Å². The number of aliphatic hydroxyl groups is 2. The van der Waals surface area contributed by atoms with Crippen molar-refractivity contribution in [2.75, 3.05) is 0 Å². The molecule has 2 N–H and O–H groups in total. The summed E-state index contributed by atoms with van der Waals surface area (Å²) in [5.41, 5.74) is -0.722. The van der Waals surface area contributed by atoms with Crippen molar-refractivity contribution in [1.29, 1.82) is 0 Å². The van der Waals surface area contributed by atoms with E-state index in [1.807, 2.05) is 6.92 Å². The maximum Gasteiger partial charge on any atom is 0.0903 e. The first-order valence-electron chi connectivity index (χ1n) is 3.09. The van der Waals surface area contributed by atoms with Gasteiger partial charge in [-0.25, -0.2) is 0 Å². The van der Waals surface area contributed by atoms with Crippen LogP contribution in [-0.2, 0) is 0 Å². The maximum atomic E-state index is 9.24. The third kappa shape index (κ3) is 0.644. The van der Waals surface area contributed by atoms with E-state index in [4.69, 9.17) is 5.11 Å². The Kier molecular flexibility index (Phi) is 1.29. The summed E-state index contributed by atoms with van der Waals surface area (Å²) in [4.78, 5) is 0. The van der Waals surface area contributed by atoms with E-state index in [0.29, 0.717) is 6.42 Å². The van der Waals surface area contributed by atoms with Crippen LogP contribution in [0.15, 0.2) is 0 Å². The van der Waals surface area contributed by atoms with E-state index in [1.54, 1.807) is 0 Å². The lowest BCUT2D eigenvalue weighted by atomic mass is 9.75. The van der Waals surface area contributed by atoms with E-state index in [0.717, 1.165) is 12.8 Å². The zero-order valence-corrected chi connectivity index (χ0v) is 5.09. The van der Waals surface area contributed by atoms with Gasteiger partial charge in [-0.2, -0.15) is 0 Å². The Balaban J connectivity index is 2.42. The Morgan fingerprint density at radius 3 is 2.38 bits per heavy atom. The quantitative estimate of drug-likeness (QED) is 0.516. The number of hydrogen-bond donors (Lipinski definition) is 2. The monoisotopic (exact) mass is 116 g/mol. The van der Waals surface area contributed by atoms with Crippen molar-refractivity contribution in [3.05, 3.63) is 0 Å². The second kappa shape index (κ2) is 1.71. The van der Waals surface area contributed by atoms with E-state index in [1.165, 1.54) is 0 Å². The Morgan fingerprint density at radius 2 is 2.38 bits per heavy atom. The molecule has 2 heteroatoms. The first-order chi connectivity index (χ1) is 3.69. The van der Waals surface area contributed by atoms with Gasteiger partial charge in [-0.3, -0.25) is 0 Å². The van der Waals surface area contributed by atoms with Gasteiger partial charge in [-0.15, -0.1) is 0 Å². The predicted octanol–water partition coefficient (Wildman–Crippen LogP) is 0.282. The van der Waals surface area contributed by atoms with Gasteiger partial charge in [0.25, 0.3) is 0 Å². The average Bonchev–Trinajstić information content (AvgIpc) is 1.83. The molecule has 2 atom stereocenters. The molecule has 0 amide bonds. The van der Waals surface area contributed by atoms with Crippen LogP contribution in [0.2, 0.25) is 0 Å². The highest BCUT2D eigenvalue weighted by Gasteiger charge is 2.42. The van der Waals surface area contributed by atoms with Crippen LogP contribution < -0.4 is 0 Å². The Labute approximate surface area is 49.1 Å². The van der Waals surface area contributed by atoms with Gasteiger partial charge in [-0.05, 0) is 19.3 Å². The van der Waals surface area contributed by atoms with E-state index in [2.05, 4.69) is 0 Å². The van der Waals surface area contributed by atoms with Gasteiger partial charge >= 0.3 is 0 Å². The first-order valence-corrected chi connectivity index (χ1v) is 3.09. The van der Waals surface area contributed by atoms with Crippen LogP contribution in [0, 0.1) is 0 Å². The van der Waals surface area contributed by atoms with Gasteiger partial charge in [-0.1, -0.05) is 6.92 Å². The summed E-state index contributed by atoms with van der Waals surface area (Å²) in [7, 11) is 0. The second-order valence-electron chi connectivity index (χ2n) is 2.51. The molecular formula is C6H12O2. The molecule has 0 aromatic carbocycles. The van der Waals surface area contributed by atoms with Crippen molar-refractivity contribution < 1.29 is 10.2 Å². The van der Waals surface area contributed by atoms with Gasteiger partial charge in [0.05, 0.1) is 11.7 Å². The fourth-order valence-electron chi connectivity index (χ4n) is 1.02. The number of hydrogen-bond acceptors (Lipinski definition) is 2. The first kappa shape index (κ1) is 6.05. The van der Waals surface area contributed by atoms with Crippen LogP contribution in [0.4, 0.5) is 0 Å². The largest absolute Gasteiger partial charge is 0.390 e. The lowest BCUT2D eigenvalue weighted by Crippen LogP contribution is -2.50. The third-order valence-corrected chi connectivity index (χ3v) is 2.08. The van der Waals surface area contributed by atoms with Crippen LogP contribution in [0.1, 0.15) is 26.2 Å². The summed E-state index contributed by atoms with van der Waals surface area (Å²) in [5, 5.41) is 18.2. The second-order valence-corrected chi connectivity index (χ2v) is 2.51. The number of aliphatic hydroxyl groups excluding tert-OH is 1. The van der Waals surface area contributed by atoms with E-state index in [-0.39, 0.29) is 0 Å². The summed E-state index contributed by atoms with van der Waals surface area (Å²) >= 11 is 0. The molecule has 0 bridgehead atoms. The molecule has 8 heavy (non-hydrogen) atoms. The molecule has 1 aliphatic carbocycles. The molecule has 0 aliphatic heterocycles. The molecule has 0 aromatic rings. The van der Waals surface area contributed by atoms with Crippen LogP contribution >= 0.6 is 0 Å². The van der Waals surface area contributed by atoms with Gasteiger partial charge < -0.3 is 10.2 Å². The SMILES string of the molecule is CC[C@@]1(O)CC[C@H]1O. The molecule has 0 heterocycles. The number of rotatable bonds is 1. The molecule has 0 saturated heterocycles. The minimum atomic E-state index is -0.722. The van der Waals surface area contributed by atoms with Gasteiger partial charge in [0.15, 0.2) is 0 Å². The van der Waals surface area contributed by atoms with Crippen LogP contribution in [-0.4, -0.2) is 21.9 Å². The fourth-order valence-corrected chi connectivity index (χ4v) is 1.02. The normalized spacial score (nSPS) is 46.1. The van der Waals surface area contributed by atoms with Crippen LogP contribution in [0.5, 0.6) is 0 Å². The van der Waals surface area contributed by atoms with Gasteiger partial charge in [0.2, 0.25) is 0 Å². The van der Waals surface area contributed by atoms with E-state index < -0.39 is 11.7 Å². The highest BCUT2D eigenvalue weighted by molar-refractivity contribution is 4.94. The topological polar surface area (TPSA) is 40.5 Å². The van der Waals surface area contributed by atoms with E-state index >= 15 is 0 Å². The van der Waals surface area contributed by atoms with Crippen molar-refractivity contribution in [3.8, 4) is 0 Å². The van der Waals surface area contributed by atoms with Gasteiger partial charge in [0, 0.05) is 0 Å². The highest BCUT2D eigenvalue weighted by Crippen LogP contribution is 2.34. The van der Waals surface area contributed by atoms with Gasteiger partial charge in [0.1, 0.15) is 0 Å². The molecule has 2 nitrogen and oxygen atoms in total. The Hall–Kier alpha value is -0.0800. The molecule has 1 saturated carbocycles. The highest BCUT2D eigenvalue weighted by atomic mass is 16.3. The lowest BCUT2D eigenvalue weighted by Gasteiger charge is -2.41. The third-order valence-electron chi connectivity index (χ3n) is 2.08. The zero-order chi connectivity index (χ0) is 6.20. The molecule has 0 radical (unpaired) electrons. The Bertz CT molecular complexity index is 88.5. The minimum Gasteiger partial charge on any atom is -0.390 e. The minimum absolute atomic E-state index is 0.451. The Morgan fingerprint density at radius 1 is 1.75 bits per heavy atom. The van der Waals surface area contributed by atoms with Crippen molar-refractivity contribution >= 4 is 0 Å². The van der Waals surface area contributed by atoms with Crippen molar-refractivity contribution in [2.45, 2.75) is 37.9 Å². The maximum absolute atomic E-state index is 9.24. The molecule has 0 spiro atoms. The van der Waals surface area contributed by atoms with Crippen LogP contribution in [0.25, 0.3) is 0 Å². The average molecular weight is 116 g/mol. The predicted molar refractivity (Wildman–Crippen MR) is 30.5 cm³/mol. The molecule has 1 rings (SSSR count). The fraction of sp³-hybridized carbons (Fsp3) is 1.00. The standard InChI is InChI=1S/C6H12O2/c1-2-6(8)4-3-5(6)7/h5,7-8H,2-4H2,1H3/t5-,6-/m1/s1. The van der Waals surface area contributed by atoms with Crippen molar-refractivity contribution in [2.24, 2.45) is 0 Å². The smallest absolute Gasteiger partial charge is 0.0903 e. The van der Waals surface area contributed by atoms with Crippen LogP contribution in [0.3, 0.4) is 0 Å². The summed E-state index contributed by atoms with van der Waals surface area (Å²) in [6.07, 6.45) is 1.76. The lowest BCUT2D eigenvalue weighted by molar-refractivity contribution is -0.145.